The molecule has 8 atom stereocenters. The largest absolute Gasteiger partial charge is 0.495 e. The van der Waals surface area contributed by atoms with Gasteiger partial charge in [0.25, 0.3) is 0 Å². The van der Waals surface area contributed by atoms with Crippen molar-refractivity contribution < 1.29 is 48.0 Å². The number of carbonyl (C=O) groups is 4. The Morgan fingerprint density at radius 2 is 1.94 bits per heavy atom. The number of benzene rings is 1. The summed E-state index contributed by atoms with van der Waals surface area (Å²) in [6, 6.07) is 2.63. The van der Waals surface area contributed by atoms with Crippen LogP contribution in [0.2, 0.25) is 5.02 Å². The summed E-state index contributed by atoms with van der Waals surface area (Å²) in [4.78, 5) is 54.7. The monoisotopic (exact) mass is 691 g/mol. The Labute approximate surface area is 286 Å². The summed E-state index contributed by atoms with van der Waals surface area (Å²) in [5.74, 6) is -1.63. The van der Waals surface area contributed by atoms with Crippen LogP contribution in [0, 0.1) is 5.92 Å². The number of methoxy groups -OCH3 is 2. The van der Waals surface area contributed by atoms with Gasteiger partial charge in [-0.05, 0) is 44.9 Å². The molecule has 1 aromatic carbocycles. The van der Waals surface area contributed by atoms with E-state index in [9.17, 15) is 24.3 Å². The fraction of sp³-hybridized carbons (Fsp3) is 0.588. The minimum absolute atomic E-state index is 0.0436. The van der Waals surface area contributed by atoms with Gasteiger partial charge in [0.05, 0.1) is 25.3 Å². The highest BCUT2D eigenvalue weighted by atomic mass is 35.5. The van der Waals surface area contributed by atoms with E-state index < -0.39 is 65.7 Å². The first-order chi connectivity index (χ1) is 22.4. The molecule has 2 saturated heterocycles. The molecule has 3 aliphatic rings. The number of epoxide rings is 1. The molecule has 0 spiro atoms. The molecule has 4 bridgehead atoms. The molecule has 264 valence electrons. The zero-order valence-electron chi connectivity index (χ0n) is 28.9. The average molecular weight is 692 g/mol. The Kier molecular flexibility index (Phi) is 11.2. The van der Waals surface area contributed by atoms with Gasteiger partial charge in [-0.3, -0.25) is 14.9 Å². The van der Waals surface area contributed by atoms with Crippen LogP contribution in [0.5, 0.6) is 5.75 Å². The fourth-order valence-corrected chi connectivity index (χ4v) is 6.59. The molecular weight excluding hydrogens is 646 g/mol. The number of esters is 1. The molecule has 14 heteroatoms. The molecule has 3 heterocycles. The van der Waals surface area contributed by atoms with Crippen LogP contribution in [0.15, 0.2) is 35.9 Å². The number of hydrogen-bond donors (Lipinski definition) is 2. The highest BCUT2D eigenvalue weighted by molar-refractivity contribution is 6.35. The molecule has 3 aliphatic heterocycles. The number of likely N-dealkylation sites (N-methyl/N-ethyl adjacent to an activating group) is 1. The zero-order valence-corrected chi connectivity index (χ0v) is 29.6. The average Bonchev–Trinajstić information content (AvgIpc) is 3.73. The third kappa shape index (κ3) is 7.64. The van der Waals surface area contributed by atoms with Crippen LogP contribution in [0.1, 0.15) is 53.0 Å². The SMILES string of the molecule is COc1cc2cc(c1Cl)N(C)C(=O)C[C@H](OC(=O)[C@H](C)N(C)C(C)=O)[C@]1(C)O[C@H]1[C@H](C)[C@@H]1C[C@@](O)(NC(=O)O1)[C@H](OC)C=C/C=C(\C)C2. The lowest BCUT2D eigenvalue weighted by molar-refractivity contribution is -0.161. The van der Waals surface area contributed by atoms with E-state index >= 15 is 0 Å². The van der Waals surface area contributed by atoms with Crippen molar-refractivity contribution in [3.8, 4) is 5.75 Å². The minimum Gasteiger partial charge on any atom is -0.495 e. The van der Waals surface area contributed by atoms with Crippen molar-refractivity contribution in [1.82, 2.24) is 10.2 Å². The number of aliphatic hydroxyl groups is 1. The molecule has 48 heavy (non-hydrogen) atoms. The molecule has 3 amide bonds. The molecule has 1 aromatic rings. The molecule has 0 aromatic heterocycles. The van der Waals surface area contributed by atoms with E-state index in [2.05, 4.69) is 5.32 Å². The van der Waals surface area contributed by atoms with E-state index in [1.807, 2.05) is 13.0 Å². The van der Waals surface area contributed by atoms with Gasteiger partial charge in [0.15, 0.2) is 5.72 Å². The van der Waals surface area contributed by atoms with Gasteiger partial charge in [0.1, 0.15) is 40.7 Å². The lowest BCUT2D eigenvalue weighted by Gasteiger charge is -2.42. The quantitative estimate of drug-likeness (QED) is 0.346. The molecule has 13 nitrogen and oxygen atoms in total. The predicted molar refractivity (Wildman–Crippen MR) is 177 cm³/mol. The maximum absolute atomic E-state index is 14.0. The van der Waals surface area contributed by atoms with E-state index in [-0.39, 0.29) is 23.8 Å². The van der Waals surface area contributed by atoms with Gasteiger partial charge in [-0.25, -0.2) is 9.59 Å². The molecule has 0 saturated carbocycles. The van der Waals surface area contributed by atoms with E-state index in [1.54, 1.807) is 45.2 Å². The van der Waals surface area contributed by atoms with Crippen LogP contribution < -0.4 is 15.0 Å². The normalized spacial score (nSPS) is 32.5. The summed E-state index contributed by atoms with van der Waals surface area (Å²) in [5, 5.41) is 14.4. The number of nitrogens with one attached hydrogen (secondary N) is 1. The van der Waals surface area contributed by atoms with Gasteiger partial charge in [0.2, 0.25) is 11.8 Å². The number of fused-ring (bicyclic) bond motifs is 5. The summed E-state index contributed by atoms with van der Waals surface area (Å²) < 4.78 is 28.9. The number of alkyl carbamates (subject to hydrolysis) is 1. The summed E-state index contributed by atoms with van der Waals surface area (Å²) >= 11 is 6.71. The number of carbonyl (C=O) groups excluding carboxylic acids is 4. The van der Waals surface area contributed by atoms with Crippen LogP contribution in [-0.2, 0) is 39.8 Å². The van der Waals surface area contributed by atoms with Crippen LogP contribution in [-0.4, -0.2) is 104 Å². The van der Waals surface area contributed by atoms with E-state index in [4.69, 9.17) is 35.3 Å². The lowest BCUT2D eigenvalue weighted by atomic mass is 9.83. The Morgan fingerprint density at radius 3 is 2.56 bits per heavy atom. The maximum Gasteiger partial charge on any atom is 0.409 e. The predicted octanol–water partition coefficient (Wildman–Crippen LogP) is 3.53. The summed E-state index contributed by atoms with van der Waals surface area (Å²) in [6.07, 6.45) is 1.02. The molecule has 2 N–H and O–H groups in total. The Hall–Kier alpha value is -3.65. The highest BCUT2D eigenvalue weighted by Gasteiger charge is 2.64. The van der Waals surface area contributed by atoms with Crippen molar-refractivity contribution in [1.29, 1.82) is 0 Å². The molecule has 2 fully saturated rings. The van der Waals surface area contributed by atoms with Crippen molar-refractivity contribution in [2.45, 2.75) is 95.7 Å². The van der Waals surface area contributed by atoms with E-state index in [0.717, 1.165) is 11.1 Å². The van der Waals surface area contributed by atoms with Gasteiger partial charge >= 0.3 is 12.1 Å². The Morgan fingerprint density at radius 1 is 1.25 bits per heavy atom. The Bertz CT molecular complexity index is 1500. The van der Waals surface area contributed by atoms with Gasteiger partial charge in [0, 0.05) is 40.5 Å². The highest BCUT2D eigenvalue weighted by Crippen LogP contribution is 2.49. The topological polar surface area (TPSA) is 156 Å². The van der Waals surface area contributed by atoms with Crippen LogP contribution >= 0.6 is 11.6 Å². The number of nitrogens with zero attached hydrogens (tertiary/aromatic N) is 2. The van der Waals surface area contributed by atoms with Crippen molar-refractivity contribution in [3.05, 3.63) is 46.5 Å². The second kappa shape index (κ2) is 14.5. The second-order valence-electron chi connectivity index (χ2n) is 13.0. The first-order valence-electron chi connectivity index (χ1n) is 15.8. The van der Waals surface area contributed by atoms with Crippen molar-refractivity contribution >= 4 is 41.2 Å². The number of hydrogen-bond acceptors (Lipinski definition) is 10. The summed E-state index contributed by atoms with van der Waals surface area (Å²) in [6.45, 7) is 8.29. The van der Waals surface area contributed by atoms with E-state index in [1.165, 1.54) is 44.9 Å². The summed E-state index contributed by atoms with van der Waals surface area (Å²) in [7, 11) is 5.97. The summed E-state index contributed by atoms with van der Waals surface area (Å²) in [5.41, 5.74) is -0.871. The second-order valence-corrected chi connectivity index (χ2v) is 13.4. The number of anilines is 1. The van der Waals surface area contributed by atoms with Crippen LogP contribution in [0.4, 0.5) is 10.5 Å². The fourth-order valence-electron chi connectivity index (χ4n) is 6.27. The third-order valence-corrected chi connectivity index (χ3v) is 10.0. The molecule has 0 unspecified atom stereocenters. The van der Waals surface area contributed by atoms with Crippen LogP contribution in [0.3, 0.4) is 0 Å². The third-order valence-electron chi connectivity index (χ3n) is 9.63. The van der Waals surface area contributed by atoms with E-state index in [0.29, 0.717) is 17.9 Å². The number of ether oxygens (including phenoxy) is 5. The molecular formula is C34H46ClN3O10. The standard InChI is InChI=1S/C34H46ClN3O10/c1-18-11-10-12-26(45-9)34(43)17-25(46-32(42)36-34)19(2)30-33(5,48-30)27(47-31(41)20(3)37(6)21(4)39)16-28(40)38(7)23-14-22(13-18)15-24(44-8)29(23)35/h10-12,14-15,19-20,25-27,30,43H,13,16-17H2,1-9H3,(H,36,42)/b12-10?,18-11+/t19-,20+,25+,26-,27+,30+,33+,34+/m1/s1. The van der Waals surface area contributed by atoms with Gasteiger partial charge < -0.3 is 38.6 Å². The zero-order chi connectivity index (χ0) is 35.7. The lowest BCUT2D eigenvalue weighted by Crippen LogP contribution is -2.63. The Balaban J connectivity index is 1.80. The number of halogens is 1. The minimum atomic E-state index is -1.81. The van der Waals surface area contributed by atoms with Gasteiger partial charge in [-0.15, -0.1) is 0 Å². The number of amides is 3. The molecule has 0 radical (unpaired) electrons. The van der Waals surface area contributed by atoms with Gasteiger partial charge in [-0.2, -0.15) is 0 Å². The van der Waals surface area contributed by atoms with Crippen LogP contribution in [0.25, 0.3) is 0 Å². The maximum atomic E-state index is 14.0. The molecule has 0 aliphatic carbocycles. The smallest absolute Gasteiger partial charge is 0.409 e. The van der Waals surface area contributed by atoms with Gasteiger partial charge in [-0.1, -0.05) is 42.3 Å². The number of rotatable bonds is 5. The van der Waals surface area contributed by atoms with Crippen molar-refractivity contribution in [3.63, 3.8) is 0 Å². The van der Waals surface area contributed by atoms with Crippen molar-refractivity contribution in [2.24, 2.45) is 5.92 Å². The first kappa shape index (κ1) is 37.2. The van der Waals surface area contributed by atoms with Crippen molar-refractivity contribution in [2.75, 3.05) is 33.2 Å². The number of allylic oxidation sites excluding steroid dienone is 3. The first-order valence-corrected chi connectivity index (χ1v) is 16.2. The molecule has 4 rings (SSSR count).